The summed E-state index contributed by atoms with van der Waals surface area (Å²) >= 11 is 0. The molecule has 1 N–H and O–H groups in total. The first kappa shape index (κ1) is 12.7. The summed E-state index contributed by atoms with van der Waals surface area (Å²) in [5.74, 6) is 0.991. The van der Waals surface area contributed by atoms with Crippen molar-refractivity contribution >= 4 is 5.78 Å². The van der Waals surface area contributed by atoms with Gasteiger partial charge in [0.2, 0.25) is 0 Å². The van der Waals surface area contributed by atoms with Crippen LogP contribution in [-0.4, -0.2) is 31.6 Å². The second-order valence-corrected chi connectivity index (χ2v) is 4.35. The predicted octanol–water partition coefficient (Wildman–Crippen LogP) is 1.76. The summed E-state index contributed by atoms with van der Waals surface area (Å²) in [6, 6.07) is 0.107. The maximum atomic E-state index is 11.2. The molecule has 0 aromatic rings. The number of Topliss-reactive ketones (excluding diaryl/α,β-unsaturated/α-hetero) is 1. The van der Waals surface area contributed by atoms with Crippen LogP contribution in [0.4, 0.5) is 0 Å². The first-order valence-electron chi connectivity index (χ1n) is 6.05. The van der Waals surface area contributed by atoms with Crippen molar-refractivity contribution in [3.05, 3.63) is 0 Å². The Kier molecular flexibility index (Phi) is 5.88. The number of hydrogen-bond donors (Lipinski definition) is 1. The van der Waals surface area contributed by atoms with Gasteiger partial charge in [-0.2, -0.15) is 0 Å². The lowest BCUT2D eigenvalue weighted by atomic mass is 9.87. The van der Waals surface area contributed by atoms with Gasteiger partial charge >= 0.3 is 0 Å². The zero-order valence-corrected chi connectivity index (χ0v) is 9.92. The van der Waals surface area contributed by atoms with Crippen LogP contribution in [0.15, 0.2) is 0 Å². The van der Waals surface area contributed by atoms with Gasteiger partial charge in [0.05, 0.1) is 6.04 Å². The minimum atomic E-state index is 0.107. The first-order chi connectivity index (χ1) is 7.24. The van der Waals surface area contributed by atoms with Gasteiger partial charge in [-0.1, -0.05) is 0 Å². The van der Waals surface area contributed by atoms with Gasteiger partial charge in [-0.15, -0.1) is 0 Å². The summed E-state index contributed by atoms with van der Waals surface area (Å²) in [5.41, 5.74) is 0. The Morgan fingerprint density at radius 1 is 1.53 bits per heavy atom. The van der Waals surface area contributed by atoms with E-state index in [1.807, 2.05) is 6.92 Å². The van der Waals surface area contributed by atoms with Crippen LogP contribution in [0.5, 0.6) is 0 Å². The van der Waals surface area contributed by atoms with Crippen molar-refractivity contribution in [3.8, 4) is 0 Å². The smallest absolute Gasteiger partial charge is 0.146 e. The van der Waals surface area contributed by atoms with E-state index in [2.05, 4.69) is 5.32 Å². The van der Waals surface area contributed by atoms with E-state index in [0.717, 1.165) is 32.6 Å². The van der Waals surface area contributed by atoms with Crippen LogP contribution >= 0.6 is 0 Å². The van der Waals surface area contributed by atoms with Gasteiger partial charge in [0, 0.05) is 13.2 Å². The summed E-state index contributed by atoms with van der Waals surface area (Å²) in [6.07, 6.45) is 4.55. The molecule has 1 heterocycles. The lowest BCUT2D eigenvalue weighted by Crippen LogP contribution is -2.42. The molecule has 0 aromatic heterocycles. The molecule has 1 fully saturated rings. The SMILES string of the molecule is CCOCCC[C@@H]1CCN[C@H](C(C)=O)C1. The van der Waals surface area contributed by atoms with Gasteiger partial charge in [-0.3, -0.25) is 4.79 Å². The molecule has 1 aliphatic rings. The first-order valence-corrected chi connectivity index (χ1v) is 6.05. The second-order valence-electron chi connectivity index (χ2n) is 4.35. The maximum Gasteiger partial charge on any atom is 0.146 e. The molecule has 0 bridgehead atoms. The highest BCUT2D eigenvalue weighted by Crippen LogP contribution is 2.21. The van der Waals surface area contributed by atoms with Crippen LogP contribution in [0.1, 0.15) is 39.5 Å². The average molecular weight is 213 g/mol. The largest absolute Gasteiger partial charge is 0.382 e. The number of nitrogens with one attached hydrogen (secondary N) is 1. The predicted molar refractivity (Wildman–Crippen MR) is 60.9 cm³/mol. The fourth-order valence-corrected chi connectivity index (χ4v) is 2.19. The summed E-state index contributed by atoms with van der Waals surface area (Å²) in [6.45, 7) is 6.37. The maximum absolute atomic E-state index is 11.2. The second kappa shape index (κ2) is 6.96. The zero-order chi connectivity index (χ0) is 11.1. The van der Waals surface area contributed by atoms with E-state index in [1.165, 1.54) is 12.8 Å². The summed E-state index contributed by atoms with van der Waals surface area (Å²) in [4.78, 5) is 11.2. The fourth-order valence-electron chi connectivity index (χ4n) is 2.19. The highest BCUT2D eigenvalue weighted by molar-refractivity contribution is 5.81. The van der Waals surface area contributed by atoms with Gasteiger partial charge in [0.15, 0.2) is 0 Å². The van der Waals surface area contributed by atoms with Crippen LogP contribution in [0.3, 0.4) is 0 Å². The molecule has 0 amide bonds. The lowest BCUT2D eigenvalue weighted by Gasteiger charge is -2.28. The molecule has 1 aliphatic heterocycles. The Balaban J connectivity index is 2.15. The monoisotopic (exact) mass is 213 g/mol. The Hall–Kier alpha value is -0.410. The minimum Gasteiger partial charge on any atom is -0.382 e. The Morgan fingerprint density at radius 2 is 2.33 bits per heavy atom. The number of carbonyl (C=O) groups is 1. The van der Waals surface area contributed by atoms with Crippen LogP contribution < -0.4 is 5.32 Å². The van der Waals surface area contributed by atoms with Crippen LogP contribution in [0, 0.1) is 5.92 Å². The fraction of sp³-hybridized carbons (Fsp3) is 0.917. The third-order valence-electron chi connectivity index (χ3n) is 3.11. The number of ether oxygens (including phenoxy) is 1. The molecule has 0 spiro atoms. The van der Waals surface area contributed by atoms with Gasteiger partial charge in [-0.25, -0.2) is 0 Å². The van der Waals surface area contributed by atoms with Crippen LogP contribution in [-0.2, 0) is 9.53 Å². The van der Waals surface area contributed by atoms with E-state index in [-0.39, 0.29) is 11.8 Å². The van der Waals surface area contributed by atoms with Crippen LogP contribution in [0.25, 0.3) is 0 Å². The van der Waals surface area contributed by atoms with Gasteiger partial charge in [0.1, 0.15) is 5.78 Å². The molecule has 1 saturated heterocycles. The van der Waals surface area contributed by atoms with Crippen molar-refractivity contribution in [2.24, 2.45) is 5.92 Å². The van der Waals surface area contributed by atoms with Crippen molar-refractivity contribution in [1.82, 2.24) is 5.32 Å². The molecular formula is C12H23NO2. The number of piperidine rings is 1. The van der Waals surface area contributed by atoms with E-state index < -0.39 is 0 Å². The van der Waals surface area contributed by atoms with Crippen LogP contribution in [0.2, 0.25) is 0 Å². The summed E-state index contributed by atoms with van der Waals surface area (Å²) < 4.78 is 5.32. The minimum absolute atomic E-state index is 0.107. The molecule has 88 valence electrons. The van der Waals surface area contributed by atoms with Crippen molar-refractivity contribution in [2.75, 3.05) is 19.8 Å². The van der Waals surface area contributed by atoms with E-state index in [0.29, 0.717) is 5.92 Å². The Morgan fingerprint density at radius 3 is 3.00 bits per heavy atom. The molecule has 0 saturated carbocycles. The van der Waals surface area contributed by atoms with Gasteiger partial charge in [-0.05, 0) is 52.0 Å². The zero-order valence-electron chi connectivity index (χ0n) is 9.92. The molecule has 1 rings (SSSR count). The lowest BCUT2D eigenvalue weighted by molar-refractivity contribution is -0.119. The molecule has 0 unspecified atom stereocenters. The summed E-state index contributed by atoms with van der Waals surface area (Å²) in [5, 5.41) is 3.27. The standard InChI is InChI=1S/C12H23NO2/c1-3-15-8-4-5-11-6-7-13-12(9-11)10(2)14/h11-13H,3-9H2,1-2H3/t11-,12+/m1/s1. The van der Waals surface area contributed by atoms with Gasteiger partial charge < -0.3 is 10.1 Å². The van der Waals surface area contributed by atoms with E-state index in [4.69, 9.17) is 4.74 Å². The van der Waals surface area contributed by atoms with Crippen molar-refractivity contribution in [3.63, 3.8) is 0 Å². The summed E-state index contributed by atoms with van der Waals surface area (Å²) in [7, 11) is 0. The molecular weight excluding hydrogens is 190 g/mol. The third-order valence-corrected chi connectivity index (χ3v) is 3.11. The quantitative estimate of drug-likeness (QED) is 0.683. The molecule has 0 aromatic carbocycles. The van der Waals surface area contributed by atoms with E-state index >= 15 is 0 Å². The van der Waals surface area contributed by atoms with Crippen molar-refractivity contribution < 1.29 is 9.53 Å². The molecule has 0 aliphatic carbocycles. The topological polar surface area (TPSA) is 38.3 Å². The molecule has 15 heavy (non-hydrogen) atoms. The average Bonchev–Trinajstić information content (AvgIpc) is 2.25. The van der Waals surface area contributed by atoms with Crippen molar-refractivity contribution in [1.29, 1.82) is 0 Å². The van der Waals surface area contributed by atoms with Gasteiger partial charge in [0.25, 0.3) is 0 Å². The molecule has 2 atom stereocenters. The highest BCUT2D eigenvalue weighted by Gasteiger charge is 2.23. The Bertz CT molecular complexity index is 194. The number of carbonyl (C=O) groups excluding carboxylic acids is 1. The van der Waals surface area contributed by atoms with Crippen molar-refractivity contribution in [2.45, 2.75) is 45.6 Å². The normalized spacial score (nSPS) is 26.5. The number of ketones is 1. The van der Waals surface area contributed by atoms with E-state index in [1.54, 1.807) is 6.92 Å². The number of hydrogen-bond acceptors (Lipinski definition) is 3. The molecule has 3 heteroatoms. The highest BCUT2D eigenvalue weighted by atomic mass is 16.5. The van der Waals surface area contributed by atoms with E-state index in [9.17, 15) is 4.79 Å². The number of rotatable bonds is 6. The Labute approximate surface area is 92.6 Å². The molecule has 0 radical (unpaired) electrons. The third kappa shape index (κ3) is 4.76. The molecule has 3 nitrogen and oxygen atoms in total.